The molecule has 0 unspecified atom stereocenters. The first-order valence-corrected chi connectivity index (χ1v) is 8.87. The van der Waals surface area contributed by atoms with E-state index in [4.69, 9.17) is 14.2 Å². The summed E-state index contributed by atoms with van der Waals surface area (Å²) in [4.78, 5) is 26.0. The van der Waals surface area contributed by atoms with Gasteiger partial charge in [0, 0.05) is 25.1 Å². The van der Waals surface area contributed by atoms with E-state index >= 15 is 0 Å². The maximum Gasteiger partial charge on any atom is 0.240 e. The molecular formula is C19H28N2O5. The Hall–Kier alpha value is -2.44. The predicted molar refractivity (Wildman–Crippen MR) is 99.1 cm³/mol. The average molecular weight is 364 g/mol. The summed E-state index contributed by atoms with van der Waals surface area (Å²) in [6, 6.07) is 3.53. The Morgan fingerprint density at radius 2 is 1.62 bits per heavy atom. The fraction of sp³-hybridized carbons (Fsp3) is 0.579. The SMILES string of the molecule is COc1cc(N(CC(=O)NC2CCCCC2)C(C)=O)cc(OC)c1OC. The van der Waals surface area contributed by atoms with E-state index in [1.165, 1.54) is 39.6 Å². The molecule has 0 aliphatic heterocycles. The number of hydrogen-bond donors (Lipinski definition) is 1. The highest BCUT2D eigenvalue weighted by Crippen LogP contribution is 2.41. The molecule has 1 N–H and O–H groups in total. The summed E-state index contributed by atoms with van der Waals surface area (Å²) in [7, 11) is 4.53. The molecule has 144 valence electrons. The van der Waals surface area contributed by atoms with E-state index < -0.39 is 0 Å². The van der Waals surface area contributed by atoms with Gasteiger partial charge in [-0.2, -0.15) is 0 Å². The summed E-state index contributed by atoms with van der Waals surface area (Å²) in [5.41, 5.74) is 0.519. The van der Waals surface area contributed by atoms with Gasteiger partial charge >= 0.3 is 0 Å². The van der Waals surface area contributed by atoms with Crippen LogP contribution in [0.25, 0.3) is 0 Å². The third kappa shape index (κ3) is 4.80. The molecule has 2 rings (SSSR count). The van der Waals surface area contributed by atoms with Gasteiger partial charge in [0.15, 0.2) is 11.5 Å². The van der Waals surface area contributed by atoms with Crippen molar-refractivity contribution in [1.29, 1.82) is 0 Å². The molecule has 0 atom stereocenters. The van der Waals surface area contributed by atoms with Crippen LogP contribution >= 0.6 is 0 Å². The lowest BCUT2D eigenvalue weighted by Gasteiger charge is -2.26. The van der Waals surface area contributed by atoms with Crippen LogP contribution < -0.4 is 24.4 Å². The van der Waals surface area contributed by atoms with E-state index in [1.807, 2.05) is 0 Å². The van der Waals surface area contributed by atoms with E-state index in [0.29, 0.717) is 22.9 Å². The number of nitrogens with one attached hydrogen (secondary N) is 1. The van der Waals surface area contributed by atoms with Gasteiger partial charge in [-0.3, -0.25) is 9.59 Å². The van der Waals surface area contributed by atoms with Crippen LogP contribution in [0.3, 0.4) is 0 Å². The maximum absolute atomic E-state index is 12.4. The van der Waals surface area contributed by atoms with Crippen molar-refractivity contribution in [2.75, 3.05) is 32.8 Å². The number of rotatable bonds is 7. The Morgan fingerprint density at radius 1 is 1.04 bits per heavy atom. The molecule has 7 heteroatoms. The van der Waals surface area contributed by atoms with Crippen molar-refractivity contribution in [2.24, 2.45) is 0 Å². The quantitative estimate of drug-likeness (QED) is 0.804. The molecule has 26 heavy (non-hydrogen) atoms. The van der Waals surface area contributed by atoms with Gasteiger partial charge in [0.2, 0.25) is 17.6 Å². The van der Waals surface area contributed by atoms with Gasteiger partial charge in [-0.05, 0) is 12.8 Å². The summed E-state index contributed by atoms with van der Waals surface area (Å²) >= 11 is 0. The minimum atomic E-state index is -0.238. The van der Waals surface area contributed by atoms with E-state index in [-0.39, 0.29) is 24.4 Å². The van der Waals surface area contributed by atoms with Gasteiger partial charge in [0.05, 0.1) is 27.0 Å². The molecule has 1 fully saturated rings. The van der Waals surface area contributed by atoms with Gasteiger partial charge in [0.1, 0.15) is 6.54 Å². The van der Waals surface area contributed by atoms with Crippen molar-refractivity contribution in [3.8, 4) is 17.2 Å². The number of nitrogens with zero attached hydrogens (tertiary/aromatic N) is 1. The third-order valence-electron chi connectivity index (χ3n) is 4.61. The number of benzene rings is 1. The van der Waals surface area contributed by atoms with Crippen molar-refractivity contribution in [1.82, 2.24) is 5.32 Å². The zero-order valence-electron chi connectivity index (χ0n) is 16.0. The molecule has 1 aliphatic rings. The van der Waals surface area contributed by atoms with Crippen LogP contribution in [0, 0.1) is 0 Å². The fourth-order valence-corrected chi connectivity index (χ4v) is 3.27. The fourth-order valence-electron chi connectivity index (χ4n) is 3.27. The second-order valence-electron chi connectivity index (χ2n) is 6.39. The van der Waals surface area contributed by atoms with Gasteiger partial charge in [-0.15, -0.1) is 0 Å². The molecule has 1 aromatic carbocycles. The van der Waals surface area contributed by atoms with Crippen LogP contribution in [-0.4, -0.2) is 45.7 Å². The van der Waals surface area contributed by atoms with E-state index in [9.17, 15) is 9.59 Å². The number of carbonyl (C=O) groups is 2. The molecule has 7 nitrogen and oxygen atoms in total. The normalized spacial score (nSPS) is 14.5. The average Bonchev–Trinajstić information content (AvgIpc) is 2.65. The van der Waals surface area contributed by atoms with Gasteiger partial charge < -0.3 is 24.4 Å². The van der Waals surface area contributed by atoms with Crippen LogP contribution in [0.2, 0.25) is 0 Å². The van der Waals surface area contributed by atoms with Crippen molar-refractivity contribution in [3.63, 3.8) is 0 Å². The molecule has 2 amide bonds. The Labute approximate surface area is 154 Å². The summed E-state index contributed by atoms with van der Waals surface area (Å²) in [5.74, 6) is 0.898. The van der Waals surface area contributed by atoms with E-state index in [1.54, 1.807) is 12.1 Å². The molecule has 1 aromatic rings. The van der Waals surface area contributed by atoms with Gasteiger partial charge in [-0.1, -0.05) is 19.3 Å². The second-order valence-corrected chi connectivity index (χ2v) is 6.39. The van der Waals surface area contributed by atoms with Gasteiger partial charge in [-0.25, -0.2) is 0 Å². The predicted octanol–water partition coefficient (Wildman–Crippen LogP) is 2.51. The molecule has 0 aromatic heterocycles. The van der Waals surface area contributed by atoms with Crippen LogP contribution in [0.4, 0.5) is 5.69 Å². The summed E-state index contributed by atoms with van der Waals surface area (Å²) in [6.07, 6.45) is 5.48. The summed E-state index contributed by atoms with van der Waals surface area (Å²) in [5, 5.41) is 3.03. The Bertz CT molecular complexity index is 616. The minimum absolute atomic E-state index is 0.0511. The maximum atomic E-state index is 12.4. The summed E-state index contributed by atoms with van der Waals surface area (Å²) in [6.45, 7) is 1.38. The molecule has 1 saturated carbocycles. The number of amides is 2. The summed E-state index contributed by atoms with van der Waals surface area (Å²) < 4.78 is 16.0. The number of anilines is 1. The van der Waals surface area contributed by atoms with E-state index in [2.05, 4.69) is 5.32 Å². The third-order valence-corrected chi connectivity index (χ3v) is 4.61. The standard InChI is InChI=1S/C19H28N2O5/c1-13(22)21(12-18(23)20-14-8-6-5-7-9-14)15-10-16(24-2)19(26-4)17(11-15)25-3/h10-11,14H,5-9,12H2,1-4H3,(H,20,23). The number of carbonyl (C=O) groups excluding carboxylic acids is 2. The van der Waals surface area contributed by atoms with Crippen LogP contribution in [-0.2, 0) is 9.59 Å². The number of hydrogen-bond acceptors (Lipinski definition) is 5. The van der Waals surface area contributed by atoms with Crippen LogP contribution in [0.1, 0.15) is 39.0 Å². The number of methoxy groups -OCH3 is 3. The lowest BCUT2D eigenvalue weighted by molar-refractivity contribution is -0.123. The van der Waals surface area contributed by atoms with E-state index in [0.717, 1.165) is 25.7 Å². The Balaban J connectivity index is 2.20. The highest BCUT2D eigenvalue weighted by molar-refractivity contribution is 5.98. The molecule has 0 spiro atoms. The second kappa shape index (κ2) is 9.31. The zero-order valence-corrected chi connectivity index (χ0v) is 16.0. The van der Waals surface area contributed by atoms with Crippen molar-refractivity contribution < 1.29 is 23.8 Å². The molecule has 0 radical (unpaired) electrons. The molecule has 0 saturated heterocycles. The minimum Gasteiger partial charge on any atom is -0.493 e. The van der Waals surface area contributed by atoms with Crippen LogP contribution in [0.5, 0.6) is 17.2 Å². The first-order chi connectivity index (χ1) is 12.5. The molecule has 1 aliphatic carbocycles. The van der Waals surface area contributed by atoms with Crippen molar-refractivity contribution in [3.05, 3.63) is 12.1 Å². The molecule has 0 heterocycles. The highest BCUT2D eigenvalue weighted by Gasteiger charge is 2.23. The smallest absolute Gasteiger partial charge is 0.240 e. The van der Waals surface area contributed by atoms with Crippen molar-refractivity contribution >= 4 is 17.5 Å². The molecular weight excluding hydrogens is 336 g/mol. The molecule has 0 bridgehead atoms. The largest absolute Gasteiger partial charge is 0.493 e. The van der Waals surface area contributed by atoms with Crippen LogP contribution in [0.15, 0.2) is 12.1 Å². The number of ether oxygens (including phenoxy) is 3. The zero-order chi connectivity index (χ0) is 19.1. The highest BCUT2D eigenvalue weighted by atomic mass is 16.5. The lowest BCUT2D eigenvalue weighted by atomic mass is 9.95. The monoisotopic (exact) mass is 364 g/mol. The topological polar surface area (TPSA) is 77.1 Å². The Kier molecular flexibility index (Phi) is 7.12. The first kappa shape index (κ1) is 19.9. The Morgan fingerprint density at radius 3 is 2.08 bits per heavy atom. The van der Waals surface area contributed by atoms with Crippen molar-refractivity contribution in [2.45, 2.75) is 45.1 Å². The van der Waals surface area contributed by atoms with Gasteiger partial charge in [0.25, 0.3) is 0 Å². The lowest BCUT2D eigenvalue weighted by Crippen LogP contribution is -2.44. The first-order valence-electron chi connectivity index (χ1n) is 8.87.